The Kier molecular flexibility index (Phi) is 8.82. The highest BCUT2D eigenvalue weighted by Crippen LogP contribution is 2.50. The standard InChI is InChI=1S/C21H25FN10O12P2/c22-9-7(1-33)42-20(32-5-28-11-17(32)29-21(24)30-18(11)35)14(9)44-46(38,39)41-2-8-13(40-6-45(36)37)12(34)19(43-8)31-4-27-10-15(23)25-3-26-16(10)31/h3-5,7-9,12-14,19-20,33-34H,1-2,6H2,(H6-,23,24,25,26,29,30,35,36,37,38,39)/p+1/t7-,8-,9?,12?,13?,14?,19-,20-/m1/s1. The molecule has 4 aromatic rings. The van der Waals surface area contributed by atoms with Gasteiger partial charge in [-0.1, -0.05) is 0 Å². The number of aliphatic hydroxyl groups is 2. The Hall–Kier alpha value is -3.60. The van der Waals surface area contributed by atoms with Gasteiger partial charge < -0.3 is 40.8 Å². The van der Waals surface area contributed by atoms with Crippen molar-refractivity contribution in [2.75, 3.05) is 31.0 Å². The highest BCUT2D eigenvalue weighted by atomic mass is 31.2. The minimum Gasteiger partial charge on any atom is -0.394 e. The summed E-state index contributed by atoms with van der Waals surface area (Å²) in [4.78, 5) is 54.2. The van der Waals surface area contributed by atoms with E-state index in [-0.39, 0.29) is 34.1 Å². The molecule has 248 valence electrons. The molecule has 4 aromatic heterocycles. The molecule has 0 spiro atoms. The molecule has 2 aliphatic heterocycles. The zero-order valence-electron chi connectivity index (χ0n) is 23.1. The summed E-state index contributed by atoms with van der Waals surface area (Å²) in [7, 11) is -8.05. The van der Waals surface area contributed by atoms with Crippen LogP contribution in [0.4, 0.5) is 16.2 Å². The van der Waals surface area contributed by atoms with Gasteiger partial charge in [0.15, 0.2) is 41.3 Å². The lowest BCUT2D eigenvalue weighted by atomic mass is 10.1. The molecular weight excluding hydrogens is 665 g/mol. The molecule has 2 fully saturated rings. The zero-order chi connectivity index (χ0) is 32.9. The summed E-state index contributed by atoms with van der Waals surface area (Å²) >= 11 is 0. The number of aliphatic hydroxyl groups excluding tert-OH is 2. The molecule has 10 atom stereocenters. The summed E-state index contributed by atoms with van der Waals surface area (Å²) in [5, 5.41) is 20.7. The van der Waals surface area contributed by atoms with Crippen LogP contribution in [0.25, 0.3) is 22.3 Å². The summed E-state index contributed by atoms with van der Waals surface area (Å²) in [6.07, 6.45) is -10.1. The smallest absolute Gasteiger partial charge is 0.394 e. The molecule has 0 aliphatic carbocycles. The molecule has 6 heterocycles. The van der Waals surface area contributed by atoms with Gasteiger partial charge in [-0.05, 0) is 4.57 Å². The predicted molar refractivity (Wildman–Crippen MR) is 148 cm³/mol. The van der Waals surface area contributed by atoms with Gasteiger partial charge in [0.25, 0.3) is 11.9 Å². The Bertz CT molecular complexity index is 1880. The number of nitrogens with two attached hydrogens (primary N) is 2. The molecule has 25 heteroatoms. The van der Waals surface area contributed by atoms with Crippen LogP contribution in [-0.2, 0) is 32.4 Å². The normalized spacial score (nSPS) is 29.9. The lowest BCUT2D eigenvalue weighted by Crippen LogP contribution is -2.37. The molecule has 46 heavy (non-hydrogen) atoms. The molecular formula is C21H26FN10O12P2+. The Morgan fingerprint density at radius 3 is 2.48 bits per heavy atom. The molecule has 6 unspecified atom stereocenters. The average Bonchev–Trinajstić information content (AvgIpc) is 3.76. The Balaban J connectivity index is 1.22. The quantitative estimate of drug-likeness (QED) is 0.0852. The van der Waals surface area contributed by atoms with E-state index in [4.69, 9.17) is 34.7 Å². The van der Waals surface area contributed by atoms with Crippen molar-refractivity contribution in [2.45, 2.75) is 49.1 Å². The minimum atomic E-state index is -5.23. The SMILES string of the molecule is Nc1nc2c(ncn2[C@@H]2O[C@H](CO)C(F)C2OP(=O)(O)OC[C@H]2O[C@@H](n3cnc4c(N)ncnc43)C(O)C2OC[P+](=O)O)c(=O)[nH]1. The van der Waals surface area contributed by atoms with E-state index in [1.165, 1.54) is 10.9 Å². The fraction of sp³-hybridized carbons (Fsp3) is 0.524. The summed E-state index contributed by atoms with van der Waals surface area (Å²) < 4.78 is 69.2. The molecule has 0 radical (unpaired) electrons. The number of phosphoric ester groups is 1. The van der Waals surface area contributed by atoms with Crippen LogP contribution in [0.15, 0.2) is 23.8 Å². The second-order valence-electron chi connectivity index (χ2n) is 10.1. The highest BCUT2D eigenvalue weighted by Gasteiger charge is 2.52. The number of imidazole rings is 2. The third-order valence-corrected chi connectivity index (χ3v) is 8.53. The van der Waals surface area contributed by atoms with Gasteiger partial charge in [-0.25, -0.2) is 28.9 Å². The first-order valence-electron chi connectivity index (χ1n) is 13.2. The number of anilines is 2. The van der Waals surface area contributed by atoms with E-state index < -0.39 is 90.1 Å². The third kappa shape index (κ3) is 5.98. The van der Waals surface area contributed by atoms with Gasteiger partial charge >= 0.3 is 15.9 Å². The number of nitrogens with zero attached hydrogens (tertiary/aromatic N) is 7. The summed E-state index contributed by atoms with van der Waals surface area (Å²) in [6.45, 7) is -1.67. The van der Waals surface area contributed by atoms with E-state index in [9.17, 15) is 33.9 Å². The molecule has 0 bridgehead atoms. The molecule has 2 saturated heterocycles. The number of aromatic amines is 1. The Morgan fingerprint density at radius 2 is 1.76 bits per heavy atom. The largest absolute Gasteiger partial charge is 0.534 e. The van der Waals surface area contributed by atoms with Crippen LogP contribution < -0.4 is 17.0 Å². The summed E-state index contributed by atoms with van der Waals surface area (Å²) in [5.41, 5.74) is 10.7. The van der Waals surface area contributed by atoms with E-state index in [1.807, 2.05) is 0 Å². The van der Waals surface area contributed by atoms with Crippen LogP contribution in [0.2, 0.25) is 0 Å². The van der Waals surface area contributed by atoms with E-state index >= 15 is 4.39 Å². The number of H-pyrrole nitrogens is 1. The van der Waals surface area contributed by atoms with Gasteiger partial charge in [0.05, 0.1) is 25.9 Å². The lowest BCUT2D eigenvalue weighted by molar-refractivity contribution is -0.0648. The number of halogens is 1. The molecule has 0 aromatic carbocycles. The lowest BCUT2D eigenvalue weighted by Gasteiger charge is -2.24. The van der Waals surface area contributed by atoms with Crippen molar-refractivity contribution >= 4 is 49.9 Å². The number of hydrogen-bond acceptors (Lipinski definition) is 17. The maximum Gasteiger partial charge on any atom is 0.534 e. The number of nitrogen functional groups attached to an aromatic ring is 2. The summed E-state index contributed by atoms with van der Waals surface area (Å²) in [6, 6.07) is 0. The fourth-order valence-corrected chi connectivity index (χ4v) is 6.38. The molecule has 9 N–H and O–H groups in total. The topological polar surface area (TPSA) is 320 Å². The number of aromatic nitrogens is 8. The monoisotopic (exact) mass is 691 g/mol. The van der Waals surface area contributed by atoms with Gasteiger partial charge in [0.2, 0.25) is 5.95 Å². The van der Waals surface area contributed by atoms with Crippen molar-refractivity contribution in [1.29, 1.82) is 0 Å². The first-order valence-corrected chi connectivity index (χ1v) is 16.1. The predicted octanol–water partition coefficient (Wildman–Crippen LogP) is -1.81. The summed E-state index contributed by atoms with van der Waals surface area (Å²) in [5.74, 6) is -0.265. The van der Waals surface area contributed by atoms with Gasteiger partial charge in [-0.3, -0.25) is 28.0 Å². The number of alkyl halides is 1. The Morgan fingerprint density at radius 1 is 1.07 bits per heavy atom. The van der Waals surface area contributed by atoms with Crippen LogP contribution >= 0.6 is 15.9 Å². The Labute approximate surface area is 255 Å². The van der Waals surface area contributed by atoms with Gasteiger partial charge in [-0.2, -0.15) is 9.88 Å². The van der Waals surface area contributed by atoms with Crippen LogP contribution in [-0.4, -0.2) is 115 Å². The first-order chi connectivity index (χ1) is 21.9. The number of nitrogens with one attached hydrogen (secondary N) is 1. The van der Waals surface area contributed by atoms with Crippen molar-refractivity contribution in [3.8, 4) is 0 Å². The van der Waals surface area contributed by atoms with Crippen molar-refractivity contribution in [2.24, 2.45) is 0 Å². The van der Waals surface area contributed by atoms with E-state index in [2.05, 4.69) is 29.9 Å². The van der Waals surface area contributed by atoms with Crippen LogP contribution in [0.1, 0.15) is 12.5 Å². The number of hydrogen-bond donors (Lipinski definition) is 7. The van der Waals surface area contributed by atoms with Gasteiger partial charge in [0, 0.05) is 0 Å². The first kappa shape index (κ1) is 32.3. The van der Waals surface area contributed by atoms with Crippen molar-refractivity contribution in [1.82, 2.24) is 39.0 Å². The van der Waals surface area contributed by atoms with Gasteiger partial charge in [-0.15, -0.1) is 0 Å². The number of fused-ring (bicyclic) bond motifs is 2. The van der Waals surface area contributed by atoms with Crippen molar-refractivity contribution < 1.29 is 56.8 Å². The number of ether oxygens (including phenoxy) is 3. The van der Waals surface area contributed by atoms with Crippen molar-refractivity contribution in [3.63, 3.8) is 0 Å². The fourth-order valence-electron chi connectivity index (χ4n) is 5.15. The van der Waals surface area contributed by atoms with E-state index in [1.54, 1.807) is 0 Å². The van der Waals surface area contributed by atoms with E-state index in [0.717, 1.165) is 17.2 Å². The van der Waals surface area contributed by atoms with Crippen molar-refractivity contribution in [3.05, 3.63) is 29.3 Å². The van der Waals surface area contributed by atoms with Crippen LogP contribution in [0.5, 0.6) is 0 Å². The zero-order valence-corrected chi connectivity index (χ0v) is 24.9. The third-order valence-electron chi connectivity index (χ3n) is 7.17. The molecule has 6 rings (SSSR count). The maximum absolute atomic E-state index is 15.4. The van der Waals surface area contributed by atoms with Crippen LogP contribution in [0.3, 0.4) is 0 Å². The number of rotatable bonds is 11. The number of phosphoric acid groups is 1. The maximum atomic E-state index is 15.4. The molecule has 22 nitrogen and oxygen atoms in total. The highest BCUT2D eigenvalue weighted by molar-refractivity contribution is 7.47. The molecule has 2 aliphatic rings. The van der Waals surface area contributed by atoms with Gasteiger partial charge in [0.1, 0.15) is 42.4 Å². The molecule has 0 saturated carbocycles. The molecule has 0 amide bonds. The average molecular weight is 691 g/mol. The second kappa shape index (κ2) is 12.5. The van der Waals surface area contributed by atoms with Crippen LogP contribution in [0, 0.1) is 0 Å². The minimum absolute atomic E-state index is 0.0399. The second-order valence-corrected chi connectivity index (χ2v) is 12.4. The van der Waals surface area contributed by atoms with E-state index in [0.29, 0.717) is 0 Å².